The lowest BCUT2D eigenvalue weighted by Crippen LogP contribution is -2.62. The van der Waals surface area contributed by atoms with Crippen molar-refractivity contribution in [1.29, 1.82) is 0 Å². The summed E-state index contributed by atoms with van der Waals surface area (Å²) >= 11 is 0. The van der Waals surface area contributed by atoms with Crippen LogP contribution in [0.3, 0.4) is 0 Å². The predicted molar refractivity (Wildman–Crippen MR) is 59.8 cm³/mol. The molecule has 0 aliphatic carbocycles. The Bertz CT molecular complexity index is 317. The molecule has 0 aliphatic rings. The molecular formula is C12H20F6O. The topological polar surface area (TPSA) is 9.23 Å². The molecule has 116 valence electrons. The van der Waals surface area contributed by atoms with E-state index in [1.165, 1.54) is 6.92 Å². The van der Waals surface area contributed by atoms with E-state index in [0.717, 1.165) is 34.6 Å². The van der Waals surface area contributed by atoms with Crippen LogP contribution in [-0.2, 0) is 4.74 Å². The average Bonchev–Trinajstić information content (AvgIpc) is 2.12. The van der Waals surface area contributed by atoms with Gasteiger partial charge in [-0.05, 0) is 27.2 Å². The molecule has 0 saturated heterocycles. The first kappa shape index (κ1) is 18.5. The maximum atomic E-state index is 13.7. The molecule has 0 heterocycles. The Labute approximate surface area is 109 Å². The van der Waals surface area contributed by atoms with Gasteiger partial charge in [-0.1, -0.05) is 20.8 Å². The molecule has 0 atom stereocenters. The Kier molecular flexibility index (Phi) is 4.71. The first-order valence-electron chi connectivity index (χ1n) is 5.85. The second kappa shape index (κ2) is 4.82. The highest BCUT2D eigenvalue weighted by molar-refractivity contribution is 5.00. The maximum Gasteiger partial charge on any atom is 0.426 e. The van der Waals surface area contributed by atoms with Gasteiger partial charge < -0.3 is 4.74 Å². The number of rotatable bonds is 5. The van der Waals surface area contributed by atoms with Crippen LogP contribution in [0.4, 0.5) is 26.3 Å². The van der Waals surface area contributed by atoms with Crippen molar-refractivity contribution in [3.05, 3.63) is 0 Å². The van der Waals surface area contributed by atoms with Crippen LogP contribution in [0.25, 0.3) is 0 Å². The van der Waals surface area contributed by atoms with Crippen molar-refractivity contribution in [2.75, 3.05) is 0 Å². The largest absolute Gasteiger partial charge is 0.426 e. The van der Waals surface area contributed by atoms with E-state index in [2.05, 4.69) is 4.74 Å². The second-order valence-electron chi connectivity index (χ2n) is 6.12. The van der Waals surface area contributed by atoms with Crippen molar-refractivity contribution in [2.45, 2.75) is 71.5 Å². The minimum absolute atomic E-state index is 0.388. The molecule has 0 unspecified atom stereocenters. The summed E-state index contributed by atoms with van der Waals surface area (Å²) in [7, 11) is 0. The van der Waals surface area contributed by atoms with Crippen LogP contribution in [0.15, 0.2) is 0 Å². The summed E-state index contributed by atoms with van der Waals surface area (Å²) < 4.78 is 85.3. The Morgan fingerprint density at radius 3 is 1.37 bits per heavy atom. The average molecular weight is 294 g/mol. The first-order valence-corrected chi connectivity index (χ1v) is 5.85. The van der Waals surface area contributed by atoms with E-state index in [0.29, 0.717) is 0 Å². The minimum Gasteiger partial charge on any atom is -0.310 e. The lowest BCUT2D eigenvalue weighted by Gasteiger charge is -2.42. The van der Waals surface area contributed by atoms with Gasteiger partial charge in [0.05, 0.1) is 5.60 Å². The van der Waals surface area contributed by atoms with Gasteiger partial charge in [0, 0.05) is 5.41 Å². The van der Waals surface area contributed by atoms with Gasteiger partial charge in [-0.25, -0.2) is 0 Å². The third-order valence-corrected chi connectivity index (χ3v) is 2.93. The summed E-state index contributed by atoms with van der Waals surface area (Å²) in [5.74, 6) is -10.5. The molecule has 0 radical (unpaired) electrons. The van der Waals surface area contributed by atoms with Crippen molar-refractivity contribution in [2.24, 2.45) is 5.41 Å². The van der Waals surface area contributed by atoms with E-state index >= 15 is 0 Å². The van der Waals surface area contributed by atoms with Crippen LogP contribution >= 0.6 is 0 Å². The van der Waals surface area contributed by atoms with Crippen LogP contribution in [0.1, 0.15) is 48.0 Å². The Hall–Kier alpha value is -0.460. The molecule has 0 aliphatic heterocycles. The van der Waals surface area contributed by atoms with E-state index in [9.17, 15) is 26.3 Å². The number of hydrogen-bond donors (Lipinski definition) is 0. The fourth-order valence-electron chi connectivity index (χ4n) is 1.28. The van der Waals surface area contributed by atoms with Gasteiger partial charge >= 0.3 is 18.0 Å². The van der Waals surface area contributed by atoms with Crippen LogP contribution in [0.2, 0.25) is 0 Å². The Morgan fingerprint density at radius 1 is 0.737 bits per heavy atom. The summed E-state index contributed by atoms with van der Waals surface area (Å²) in [6.45, 7) is 6.11. The predicted octanol–water partition coefficient (Wildman–Crippen LogP) is 5.10. The monoisotopic (exact) mass is 294 g/mol. The van der Waals surface area contributed by atoms with Gasteiger partial charge in [-0.2, -0.15) is 26.3 Å². The van der Waals surface area contributed by atoms with Crippen molar-refractivity contribution in [3.63, 3.8) is 0 Å². The van der Waals surface area contributed by atoms with E-state index in [1.54, 1.807) is 0 Å². The van der Waals surface area contributed by atoms with Crippen LogP contribution in [-0.4, -0.2) is 23.6 Å². The summed E-state index contributed by atoms with van der Waals surface area (Å²) in [6, 6.07) is 0. The molecule has 0 aromatic carbocycles. The quantitative estimate of drug-likeness (QED) is 0.641. The van der Waals surface area contributed by atoms with Gasteiger partial charge in [-0.15, -0.1) is 0 Å². The summed E-state index contributed by atoms with van der Waals surface area (Å²) in [4.78, 5) is 0. The van der Waals surface area contributed by atoms with Gasteiger partial charge in [0.25, 0.3) is 0 Å². The number of alkyl halides is 6. The van der Waals surface area contributed by atoms with E-state index in [1.807, 2.05) is 0 Å². The molecule has 0 bridgehead atoms. The molecule has 7 heteroatoms. The minimum atomic E-state index is -5.60. The molecule has 0 N–H and O–H groups in total. The molecule has 0 spiro atoms. The van der Waals surface area contributed by atoms with E-state index in [-0.39, 0.29) is 6.42 Å². The van der Waals surface area contributed by atoms with Crippen molar-refractivity contribution in [3.8, 4) is 0 Å². The molecule has 1 nitrogen and oxygen atoms in total. The number of halogens is 6. The van der Waals surface area contributed by atoms with Gasteiger partial charge in [0.15, 0.2) is 0 Å². The molecule has 0 rings (SSSR count). The third-order valence-electron chi connectivity index (χ3n) is 2.93. The molecule has 0 fully saturated rings. The Balaban J connectivity index is 5.59. The van der Waals surface area contributed by atoms with E-state index in [4.69, 9.17) is 0 Å². The lowest BCUT2D eigenvalue weighted by atomic mass is 9.79. The highest BCUT2D eigenvalue weighted by Crippen LogP contribution is 2.55. The zero-order valence-electron chi connectivity index (χ0n) is 11.9. The lowest BCUT2D eigenvalue weighted by molar-refractivity contribution is -0.430. The number of hydrogen-bond acceptors (Lipinski definition) is 1. The van der Waals surface area contributed by atoms with Crippen LogP contribution in [0, 0.1) is 5.41 Å². The fourth-order valence-corrected chi connectivity index (χ4v) is 1.28. The van der Waals surface area contributed by atoms with Crippen molar-refractivity contribution in [1.82, 2.24) is 0 Å². The third kappa shape index (κ3) is 3.35. The van der Waals surface area contributed by atoms with Crippen molar-refractivity contribution < 1.29 is 31.1 Å². The van der Waals surface area contributed by atoms with Gasteiger partial charge in [0.2, 0.25) is 0 Å². The smallest absolute Gasteiger partial charge is 0.310 e. The highest BCUT2D eigenvalue weighted by Gasteiger charge is 2.77. The molecular weight excluding hydrogens is 274 g/mol. The zero-order chi connectivity index (χ0) is 15.9. The second-order valence-corrected chi connectivity index (χ2v) is 6.12. The summed E-state index contributed by atoms with van der Waals surface area (Å²) in [6.07, 6.45) is -5.65. The van der Waals surface area contributed by atoms with Gasteiger partial charge in [-0.3, -0.25) is 0 Å². The molecule has 0 aromatic rings. The maximum absolute atomic E-state index is 13.7. The molecule has 0 aromatic heterocycles. The Morgan fingerprint density at radius 2 is 1.11 bits per heavy atom. The van der Waals surface area contributed by atoms with Gasteiger partial charge in [0.1, 0.15) is 0 Å². The first-order chi connectivity index (χ1) is 8.02. The van der Waals surface area contributed by atoms with Crippen molar-refractivity contribution >= 4 is 0 Å². The standard InChI is InChI=1S/C12H20F6O/c1-7-9(5,6)10(13,14)11(15,16)12(17,18)19-8(2,3)4/h7H2,1-6H3. The zero-order valence-corrected chi connectivity index (χ0v) is 11.9. The van der Waals surface area contributed by atoms with Crippen LogP contribution < -0.4 is 0 Å². The number of ether oxygens (including phenoxy) is 1. The summed E-state index contributed by atoms with van der Waals surface area (Å²) in [5.41, 5.74) is -3.97. The van der Waals surface area contributed by atoms with E-state index < -0.39 is 29.0 Å². The molecule has 19 heavy (non-hydrogen) atoms. The summed E-state index contributed by atoms with van der Waals surface area (Å²) in [5, 5.41) is 0. The van der Waals surface area contributed by atoms with Crippen LogP contribution in [0.5, 0.6) is 0 Å². The highest BCUT2D eigenvalue weighted by atomic mass is 19.3. The normalized spacial score (nSPS) is 15.8. The molecule has 0 saturated carbocycles. The fraction of sp³-hybridized carbons (Fsp3) is 1.00. The SMILES string of the molecule is CCC(C)(C)C(F)(F)C(F)(F)C(F)(F)OC(C)(C)C. The molecule has 0 amide bonds.